The van der Waals surface area contributed by atoms with Gasteiger partial charge in [0.2, 0.25) is 5.88 Å². The molecule has 0 unspecified atom stereocenters. The predicted octanol–water partition coefficient (Wildman–Crippen LogP) is 3.94. The molecule has 3 heterocycles. The average Bonchev–Trinajstić information content (AvgIpc) is 3.05. The molecule has 1 saturated heterocycles. The van der Waals surface area contributed by atoms with Crippen LogP contribution in [0.25, 0.3) is 5.52 Å². The van der Waals surface area contributed by atoms with Gasteiger partial charge in [-0.2, -0.15) is 4.98 Å². The van der Waals surface area contributed by atoms with Crippen molar-refractivity contribution in [2.24, 2.45) is 0 Å². The van der Waals surface area contributed by atoms with Crippen molar-refractivity contribution in [2.45, 2.75) is 33.1 Å². The summed E-state index contributed by atoms with van der Waals surface area (Å²) in [6.45, 7) is 6.50. The van der Waals surface area contributed by atoms with E-state index in [4.69, 9.17) is 16.3 Å². The quantitative estimate of drug-likeness (QED) is 0.818. The minimum Gasteiger partial charge on any atom is -0.479 e. The molecule has 118 valence electrons. The molecule has 2 aromatic heterocycles. The Morgan fingerprint density at radius 1 is 1.29 bits per heavy atom. The number of imidazole rings is 1. The molecular weight excluding hydrogens is 356 g/mol. The Morgan fingerprint density at radius 3 is 2.43 bits per heavy atom. The van der Waals surface area contributed by atoms with Gasteiger partial charge in [-0.3, -0.25) is 4.40 Å². The molecule has 0 saturated carbocycles. The average molecular weight is 378 g/mol. The first-order chi connectivity index (χ1) is 10.2. The minimum atomic E-state index is 0.349. The van der Waals surface area contributed by atoms with Crippen molar-refractivity contribution < 1.29 is 4.74 Å². The smallest absolute Gasteiger partial charge is 0.241 e. The number of hydrogen-bond donors (Lipinski definition) is 1. The van der Waals surface area contributed by atoms with Crippen molar-refractivity contribution in [1.82, 2.24) is 19.7 Å². The molecule has 7 heteroatoms. The molecule has 0 aliphatic carbocycles. The molecule has 21 heavy (non-hydrogen) atoms. The van der Waals surface area contributed by atoms with Crippen molar-refractivity contribution in [3.63, 3.8) is 0 Å². The van der Waals surface area contributed by atoms with Gasteiger partial charge in [0.25, 0.3) is 0 Å². The zero-order valence-electron chi connectivity index (χ0n) is 12.7. The number of methoxy groups -OCH3 is 1. The van der Waals surface area contributed by atoms with Crippen LogP contribution in [0.3, 0.4) is 0 Å². The van der Waals surface area contributed by atoms with E-state index in [2.05, 4.69) is 31.2 Å². The van der Waals surface area contributed by atoms with E-state index >= 15 is 0 Å². The molecule has 0 aromatic carbocycles. The lowest BCUT2D eigenvalue weighted by Gasteiger charge is -2.08. The van der Waals surface area contributed by atoms with Gasteiger partial charge in [0.1, 0.15) is 16.4 Å². The molecule has 5 nitrogen and oxygen atoms in total. The first kappa shape index (κ1) is 18.2. The molecule has 1 N–H and O–H groups in total. The molecular formula is C14H22BrClN4O. The van der Waals surface area contributed by atoms with Crippen LogP contribution in [0, 0.1) is 0 Å². The number of halogens is 2. The van der Waals surface area contributed by atoms with E-state index < -0.39 is 0 Å². The van der Waals surface area contributed by atoms with Crippen LogP contribution >= 0.6 is 27.5 Å². The van der Waals surface area contributed by atoms with Gasteiger partial charge in [0.05, 0.1) is 13.3 Å². The Hall–Kier alpha value is -0.850. The number of fused-ring (bicyclic) bond motifs is 1. The highest BCUT2D eigenvalue weighted by atomic mass is 79.9. The van der Waals surface area contributed by atoms with Gasteiger partial charge in [-0.15, -0.1) is 0 Å². The van der Waals surface area contributed by atoms with Crippen LogP contribution in [0.4, 0.5) is 0 Å². The Morgan fingerprint density at radius 2 is 1.95 bits per heavy atom. The standard InChI is InChI=1S/C7H5BrClN3O.C5H11N.C2H6/c1-13-7-4-2-10-3-12(4)5(8)6(9)11-7;1-2-4-6-5-3-1;1-2/h2-3H,1H3;6H,1-5H2;1-2H3. The maximum absolute atomic E-state index is 5.84. The van der Waals surface area contributed by atoms with Crippen molar-refractivity contribution in [3.05, 3.63) is 22.3 Å². The van der Waals surface area contributed by atoms with Gasteiger partial charge >= 0.3 is 0 Å². The third-order valence-corrected chi connectivity index (χ3v) is 4.09. The van der Waals surface area contributed by atoms with Crippen molar-refractivity contribution in [1.29, 1.82) is 0 Å². The largest absolute Gasteiger partial charge is 0.479 e. The lowest BCUT2D eigenvalue weighted by Crippen LogP contribution is -2.21. The third kappa shape index (κ3) is 5.13. The summed E-state index contributed by atoms with van der Waals surface area (Å²) in [6.07, 6.45) is 7.51. The van der Waals surface area contributed by atoms with Gasteiger partial charge in [0, 0.05) is 0 Å². The van der Waals surface area contributed by atoms with E-state index in [-0.39, 0.29) is 0 Å². The number of rotatable bonds is 1. The number of hydrogen-bond acceptors (Lipinski definition) is 4. The molecule has 3 rings (SSSR count). The maximum Gasteiger partial charge on any atom is 0.241 e. The zero-order chi connectivity index (χ0) is 15.7. The summed E-state index contributed by atoms with van der Waals surface area (Å²) in [4.78, 5) is 7.99. The second-order valence-corrected chi connectivity index (χ2v) is 5.27. The molecule has 1 fully saturated rings. The summed E-state index contributed by atoms with van der Waals surface area (Å²) >= 11 is 9.14. The second-order valence-electron chi connectivity index (χ2n) is 4.16. The first-order valence-corrected chi connectivity index (χ1v) is 8.33. The number of nitrogens with zero attached hydrogens (tertiary/aromatic N) is 3. The molecule has 2 aromatic rings. The Kier molecular flexibility index (Phi) is 8.64. The SMILES string of the molecule is C1CCNCC1.CC.COc1nc(Cl)c(Br)n2cncc12. The number of nitrogens with one attached hydrogen (secondary N) is 1. The number of aromatic nitrogens is 3. The molecule has 1 aliphatic heterocycles. The van der Waals surface area contributed by atoms with E-state index in [0.29, 0.717) is 15.6 Å². The van der Waals surface area contributed by atoms with Crippen LogP contribution in [-0.2, 0) is 0 Å². The first-order valence-electron chi connectivity index (χ1n) is 7.16. The van der Waals surface area contributed by atoms with E-state index in [0.717, 1.165) is 5.52 Å². The fourth-order valence-corrected chi connectivity index (χ4v) is 2.39. The van der Waals surface area contributed by atoms with Gasteiger partial charge < -0.3 is 10.1 Å². The Balaban J connectivity index is 0.000000231. The summed E-state index contributed by atoms with van der Waals surface area (Å²) in [5, 5.41) is 3.63. The molecule has 0 bridgehead atoms. The summed E-state index contributed by atoms with van der Waals surface area (Å²) < 4.78 is 7.47. The van der Waals surface area contributed by atoms with Crippen molar-refractivity contribution in [2.75, 3.05) is 20.2 Å². The van der Waals surface area contributed by atoms with Gasteiger partial charge in [-0.05, 0) is 41.9 Å². The number of ether oxygens (including phenoxy) is 1. The number of piperidine rings is 1. The Bertz CT molecular complexity index is 531. The lowest BCUT2D eigenvalue weighted by atomic mass is 10.2. The highest BCUT2D eigenvalue weighted by Gasteiger charge is 2.10. The van der Waals surface area contributed by atoms with Crippen LogP contribution in [0.2, 0.25) is 5.15 Å². The van der Waals surface area contributed by atoms with Crippen molar-refractivity contribution >= 4 is 33.0 Å². The fourth-order valence-electron chi connectivity index (χ4n) is 1.85. The van der Waals surface area contributed by atoms with E-state index in [9.17, 15) is 0 Å². The fraction of sp³-hybridized carbons (Fsp3) is 0.571. The third-order valence-electron chi connectivity index (χ3n) is 2.84. The van der Waals surface area contributed by atoms with Crippen LogP contribution < -0.4 is 10.1 Å². The zero-order valence-corrected chi connectivity index (χ0v) is 15.0. The molecule has 1 aliphatic rings. The van der Waals surface area contributed by atoms with Crippen LogP contribution in [0.1, 0.15) is 33.1 Å². The molecule has 0 amide bonds. The lowest BCUT2D eigenvalue weighted by molar-refractivity contribution is 0.401. The minimum absolute atomic E-state index is 0.349. The van der Waals surface area contributed by atoms with Crippen LogP contribution in [-0.4, -0.2) is 34.6 Å². The molecule has 0 spiro atoms. The predicted molar refractivity (Wildman–Crippen MR) is 90.3 cm³/mol. The Labute approximate surface area is 139 Å². The van der Waals surface area contributed by atoms with Crippen molar-refractivity contribution in [3.8, 4) is 5.88 Å². The highest BCUT2D eigenvalue weighted by Crippen LogP contribution is 2.27. The van der Waals surface area contributed by atoms with E-state index in [1.807, 2.05) is 13.8 Å². The summed E-state index contributed by atoms with van der Waals surface area (Å²) in [5.41, 5.74) is 0.777. The summed E-state index contributed by atoms with van der Waals surface area (Å²) in [6, 6.07) is 0. The van der Waals surface area contributed by atoms with Crippen LogP contribution in [0.5, 0.6) is 5.88 Å². The normalized spacial score (nSPS) is 13.8. The molecule has 0 atom stereocenters. The van der Waals surface area contributed by atoms with Gasteiger partial charge in [0.15, 0.2) is 5.15 Å². The second kappa shape index (κ2) is 9.97. The van der Waals surface area contributed by atoms with E-state index in [1.165, 1.54) is 32.4 Å². The molecule has 0 radical (unpaired) electrons. The van der Waals surface area contributed by atoms with E-state index in [1.54, 1.807) is 24.0 Å². The van der Waals surface area contributed by atoms with Crippen LogP contribution in [0.15, 0.2) is 17.1 Å². The van der Waals surface area contributed by atoms with Gasteiger partial charge in [-0.25, -0.2) is 4.98 Å². The monoisotopic (exact) mass is 376 g/mol. The highest BCUT2D eigenvalue weighted by molar-refractivity contribution is 9.10. The summed E-state index contributed by atoms with van der Waals surface area (Å²) in [5.74, 6) is 0.464. The topological polar surface area (TPSA) is 51.5 Å². The maximum atomic E-state index is 5.84. The van der Waals surface area contributed by atoms with Gasteiger partial charge in [-0.1, -0.05) is 31.9 Å². The summed E-state index contributed by atoms with van der Waals surface area (Å²) in [7, 11) is 1.54.